The van der Waals surface area contributed by atoms with Gasteiger partial charge in [0, 0.05) is 0 Å². The highest BCUT2D eigenvalue weighted by Gasteiger charge is 2.49. The molecule has 2 aliphatic heterocycles. The molecule has 0 unspecified atom stereocenters. The van der Waals surface area contributed by atoms with Crippen LogP contribution in [-0.2, 0) is 18.8 Å². The summed E-state index contributed by atoms with van der Waals surface area (Å²) in [5.74, 6) is 0. The van der Waals surface area contributed by atoms with E-state index in [2.05, 4.69) is 21.1 Å². The van der Waals surface area contributed by atoms with Crippen molar-refractivity contribution in [3.8, 4) is 0 Å². The summed E-state index contributed by atoms with van der Waals surface area (Å²) >= 11 is 0. The van der Waals surface area contributed by atoms with Crippen LogP contribution < -0.4 is 4.89 Å². The van der Waals surface area contributed by atoms with Gasteiger partial charge in [-0.2, -0.15) is 0 Å². The third kappa shape index (κ3) is 12.6. The van der Waals surface area contributed by atoms with Crippen molar-refractivity contribution in [3.63, 3.8) is 0 Å². The molecule has 11 N–H and O–H groups in total. The van der Waals surface area contributed by atoms with Gasteiger partial charge >= 0.3 is 0 Å². The smallest absolute Gasteiger partial charge is 0.262 e. The van der Waals surface area contributed by atoms with E-state index in [1.54, 1.807) is 0 Å². The average Bonchev–Trinajstić information content (AvgIpc) is 2.72. The molecule has 18 heteroatoms. The number of quaternary nitrogens is 1. The molecule has 0 aromatic heterocycles. The van der Waals surface area contributed by atoms with Gasteiger partial charge in [-0.25, -0.2) is 0 Å². The third-order valence-corrected chi connectivity index (χ3v) is 4.74. The summed E-state index contributed by atoms with van der Waals surface area (Å²) in [5.41, 5.74) is 0. The maximum Gasteiger partial charge on any atom is 0.262 e. The van der Waals surface area contributed by atoms with Gasteiger partial charge in [0.2, 0.25) is 0 Å². The van der Waals surface area contributed by atoms with Crippen molar-refractivity contribution in [2.75, 3.05) is 47.5 Å². The Hall–Kier alpha value is -0.410. The van der Waals surface area contributed by atoms with Crippen LogP contribution in [0.3, 0.4) is 0 Å². The van der Waals surface area contributed by atoms with Gasteiger partial charge in [-0.15, -0.1) is 0 Å². The fourth-order valence-corrected chi connectivity index (χ4v) is 2.79. The predicted octanol–water partition coefficient (Wildman–Crippen LogP) is -7.27. The third-order valence-electron chi connectivity index (χ3n) is 4.74. The molecule has 2 heterocycles. The van der Waals surface area contributed by atoms with E-state index >= 15 is 0 Å². The lowest BCUT2D eigenvalue weighted by Crippen LogP contribution is -2.63. The van der Waals surface area contributed by atoms with Crippen LogP contribution in [0.25, 0.3) is 0 Å². The van der Waals surface area contributed by atoms with Gasteiger partial charge in [-0.05, 0) is 0 Å². The molecular weight excluding hydrogens is 505 g/mol. The van der Waals surface area contributed by atoms with E-state index in [0.717, 1.165) is 11.0 Å². The summed E-state index contributed by atoms with van der Waals surface area (Å²) in [6, 6.07) is 0. The Balaban J connectivity index is 0.000000798. The molecular formula is C17H38NO16P. The summed E-state index contributed by atoms with van der Waals surface area (Å²) in [4.78, 5) is 22.9. The Morgan fingerprint density at radius 1 is 0.743 bits per heavy atom. The molecule has 35 heavy (non-hydrogen) atoms. The Kier molecular flexibility index (Phi) is 14.9. The van der Waals surface area contributed by atoms with Crippen molar-refractivity contribution in [2.45, 2.75) is 61.4 Å². The number of hydrogen-bond acceptors (Lipinski definition) is 14. The standard InChI is InChI=1S/C12H22O11.C5H14NO.H3O4P/c13-1-3-5(15)7(17)9(19)11(21-3)23-12-10(20)8(18)6(16)4(2-14)22-12;1-6(2,3)4-5-7;1-5(2,3)4/h3-20H,1-2H2;7H,4-5H2,1-3H3;(H3,1,2,3,4)/q;+1;/p-1/t3-,4-,5-,6-,7+,8+,9-,10-,11-,12-;;/m1../s1. The fourth-order valence-electron chi connectivity index (χ4n) is 2.79. The van der Waals surface area contributed by atoms with Gasteiger partial charge in [0.15, 0.2) is 12.6 Å². The van der Waals surface area contributed by atoms with Crippen molar-refractivity contribution in [1.82, 2.24) is 0 Å². The number of rotatable bonds is 6. The number of phosphoric acid groups is 1. The summed E-state index contributed by atoms with van der Waals surface area (Å²) in [6.45, 7) is -0.220. The molecule has 2 aliphatic rings. The van der Waals surface area contributed by atoms with Gasteiger partial charge in [-0.1, -0.05) is 0 Å². The van der Waals surface area contributed by atoms with Crippen molar-refractivity contribution in [2.24, 2.45) is 0 Å². The molecule has 2 rings (SSSR count). The normalized spacial score (nSPS) is 38.0. The number of nitrogens with zero attached hydrogens (tertiary/aromatic N) is 1. The summed E-state index contributed by atoms with van der Waals surface area (Å²) < 4.78 is 24.9. The minimum absolute atomic E-state index is 0.281. The lowest BCUT2D eigenvalue weighted by Gasteiger charge is -2.44. The molecule has 0 amide bonds. The number of hydrogen-bond donors (Lipinski definition) is 11. The van der Waals surface area contributed by atoms with Crippen LogP contribution in [0.1, 0.15) is 0 Å². The van der Waals surface area contributed by atoms with E-state index in [0.29, 0.717) is 0 Å². The molecule has 0 spiro atoms. The predicted molar refractivity (Wildman–Crippen MR) is 111 cm³/mol. The summed E-state index contributed by atoms with van der Waals surface area (Å²) in [6.07, 6.45) is -15.6. The first-order chi connectivity index (χ1) is 15.9. The van der Waals surface area contributed by atoms with Crippen LogP contribution >= 0.6 is 7.82 Å². The van der Waals surface area contributed by atoms with Crippen molar-refractivity contribution >= 4 is 7.82 Å². The molecule has 212 valence electrons. The first-order valence-corrected chi connectivity index (χ1v) is 11.8. The summed E-state index contributed by atoms with van der Waals surface area (Å²) in [5, 5.41) is 84.8. The Morgan fingerprint density at radius 2 is 1.06 bits per heavy atom. The van der Waals surface area contributed by atoms with Crippen LogP contribution in [0.5, 0.6) is 0 Å². The van der Waals surface area contributed by atoms with Crippen LogP contribution in [0, 0.1) is 0 Å². The highest BCUT2D eigenvalue weighted by atomic mass is 31.2. The van der Waals surface area contributed by atoms with Gasteiger partial charge in [-0.3, -0.25) is 4.57 Å². The van der Waals surface area contributed by atoms with Crippen molar-refractivity contribution in [3.05, 3.63) is 0 Å². The largest absolute Gasteiger partial charge is 0.756 e. The van der Waals surface area contributed by atoms with Crippen LogP contribution in [0.4, 0.5) is 0 Å². The number of aliphatic hydroxyl groups excluding tert-OH is 9. The zero-order chi connectivity index (χ0) is 27.7. The van der Waals surface area contributed by atoms with Crippen LogP contribution in [0.2, 0.25) is 0 Å². The van der Waals surface area contributed by atoms with Crippen molar-refractivity contribution in [1.29, 1.82) is 0 Å². The molecule has 10 atom stereocenters. The van der Waals surface area contributed by atoms with E-state index in [1.165, 1.54) is 0 Å². The fraction of sp³-hybridized carbons (Fsp3) is 1.00. The van der Waals surface area contributed by atoms with Crippen LogP contribution in [0.15, 0.2) is 0 Å². The highest BCUT2D eigenvalue weighted by Crippen LogP contribution is 2.27. The molecule has 0 bridgehead atoms. The monoisotopic (exact) mass is 543 g/mol. The van der Waals surface area contributed by atoms with Crippen LogP contribution in [-0.4, -0.2) is 169 Å². The van der Waals surface area contributed by atoms with Gasteiger partial charge in [0.25, 0.3) is 7.82 Å². The second-order valence-electron chi connectivity index (χ2n) is 8.76. The SMILES string of the molecule is C[N+](C)(C)CCO.O=P([O-])(O)O.OC[C@H]1O[C@H](O[C@H]2O[C@H](CO)[C@@H](O)[C@H](O)[C@H]2O)[C@H](O)[C@@H](O)[C@@H]1O. The lowest BCUT2D eigenvalue weighted by molar-refractivity contribution is -0.870. The van der Waals surface area contributed by atoms with E-state index in [4.69, 9.17) is 48.8 Å². The first-order valence-electron chi connectivity index (χ1n) is 10.3. The minimum Gasteiger partial charge on any atom is -0.756 e. The van der Waals surface area contributed by atoms with E-state index < -0.39 is 82.4 Å². The van der Waals surface area contributed by atoms with Crippen molar-refractivity contribution < 1.29 is 83.9 Å². The van der Waals surface area contributed by atoms with Gasteiger partial charge in [0.05, 0.1) is 41.0 Å². The Labute approximate surface area is 201 Å². The topological polar surface area (TPSA) is 290 Å². The average molecular weight is 543 g/mol. The van der Waals surface area contributed by atoms with E-state index in [-0.39, 0.29) is 6.61 Å². The minimum atomic E-state index is -4.89. The molecule has 2 saturated heterocycles. The molecule has 0 radical (unpaired) electrons. The Morgan fingerprint density at radius 3 is 1.26 bits per heavy atom. The van der Waals surface area contributed by atoms with Gasteiger partial charge in [0.1, 0.15) is 55.4 Å². The highest BCUT2D eigenvalue weighted by molar-refractivity contribution is 7.43. The quantitative estimate of drug-likeness (QED) is 0.109. The molecule has 2 fully saturated rings. The lowest BCUT2D eigenvalue weighted by atomic mass is 9.98. The molecule has 0 aromatic carbocycles. The first kappa shape index (κ1) is 34.6. The zero-order valence-electron chi connectivity index (χ0n) is 19.5. The molecule has 0 saturated carbocycles. The van der Waals surface area contributed by atoms with E-state index in [1.807, 2.05) is 0 Å². The van der Waals surface area contributed by atoms with Gasteiger partial charge < -0.3 is 79.3 Å². The second-order valence-corrected chi connectivity index (χ2v) is 9.74. The number of ether oxygens (including phenoxy) is 3. The second kappa shape index (κ2) is 15.1. The molecule has 0 aliphatic carbocycles. The maximum absolute atomic E-state index is 9.84. The molecule has 0 aromatic rings. The number of aliphatic hydroxyl groups is 9. The molecule has 17 nitrogen and oxygen atoms in total. The summed E-state index contributed by atoms with van der Waals surface area (Å²) in [7, 11) is 1.27. The number of likely N-dealkylation sites (N-methyl/N-ethyl adjacent to an activating group) is 1. The zero-order valence-corrected chi connectivity index (χ0v) is 20.4. The Bertz CT molecular complexity index is 585. The van der Waals surface area contributed by atoms with E-state index in [9.17, 15) is 30.6 Å². The maximum atomic E-state index is 9.84.